The third kappa shape index (κ3) is 3.02. The standard InChI is InChI=1S/C16H21N3O/c1-10-5-7-13(11(9-10)16(2,3)4)20-14-8-6-12(17)15(18)19-14/h5-9H,17H2,1-4H3,(H2,18,19). The minimum atomic E-state index is -0.0132. The van der Waals surface area contributed by atoms with Crippen molar-refractivity contribution in [2.75, 3.05) is 11.5 Å². The van der Waals surface area contributed by atoms with Crippen LogP contribution in [0.4, 0.5) is 11.5 Å². The van der Waals surface area contributed by atoms with Crippen molar-refractivity contribution in [2.45, 2.75) is 33.1 Å². The molecule has 0 aliphatic rings. The van der Waals surface area contributed by atoms with Crippen molar-refractivity contribution in [3.05, 3.63) is 41.5 Å². The van der Waals surface area contributed by atoms with Crippen LogP contribution in [-0.4, -0.2) is 4.98 Å². The minimum Gasteiger partial charge on any atom is -0.439 e. The Morgan fingerprint density at radius 1 is 1.05 bits per heavy atom. The first kappa shape index (κ1) is 14.2. The van der Waals surface area contributed by atoms with Gasteiger partial charge in [0.15, 0.2) is 5.82 Å². The lowest BCUT2D eigenvalue weighted by Crippen LogP contribution is -2.13. The molecule has 1 aromatic carbocycles. The van der Waals surface area contributed by atoms with E-state index in [2.05, 4.69) is 38.7 Å². The van der Waals surface area contributed by atoms with Crippen LogP contribution in [0.3, 0.4) is 0 Å². The first-order valence-electron chi connectivity index (χ1n) is 6.58. The number of ether oxygens (including phenoxy) is 1. The number of hydrogen-bond acceptors (Lipinski definition) is 4. The van der Waals surface area contributed by atoms with Gasteiger partial charge >= 0.3 is 0 Å². The number of aromatic nitrogens is 1. The molecule has 4 heteroatoms. The summed E-state index contributed by atoms with van der Waals surface area (Å²) in [5, 5.41) is 0. The molecule has 20 heavy (non-hydrogen) atoms. The number of pyridine rings is 1. The molecular weight excluding hydrogens is 250 g/mol. The number of rotatable bonds is 2. The van der Waals surface area contributed by atoms with E-state index >= 15 is 0 Å². The van der Waals surface area contributed by atoms with E-state index in [9.17, 15) is 0 Å². The lowest BCUT2D eigenvalue weighted by atomic mass is 9.85. The van der Waals surface area contributed by atoms with Gasteiger partial charge in [-0.15, -0.1) is 0 Å². The molecule has 0 fully saturated rings. The molecule has 106 valence electrons. The maximum Gasteiger partial charge on any atom is 0.221 e. The Labute approximate surface area is 119 Å². The van der Waals surface area contributed by atoms with E-state index in [0.29, 0.717) is 11.6 Å². The zero-order valence-electron chi connectivity index (χ0n) is 12.4. The summed E-state index contributed by atoms with van der Waals surface area (Å²) >= 11 is 0. The molecule has 4 nitrogen and oxygen atoms in total. The molecule has 0 amide bonds. The number of nitrogens with zero attached hydrogens (tertiary/aromatic N) is 1. The van der Waals surface area contributed by atoms with E-state index in [0.717, 1.165) is 11.3 Å². The highest BCUT2D eigenvalue weighted by Gasteiger charge is 2.19. The largest absolute Gasteiger partial charge is 0.439 e. The molecule has 0 aliphatic carbocycles. The fraction of sp³-hybridized carbons (Fsp3) is 0.312. The highest BCUT2D eigenvalue weighted by atomic mass is 16.5. The SMILES string of the molecule is Cc1ccc(Oc2ccc(N)c(N)n2)c(C(C)(C)C)c1. The molecular formula is C16H21N3O. The monoisotopic (exact) mass is 271 g/mol. The second-order valence-corrected chi connectivity index (χ2v) is 5.98. The smallest absolute Gasteiger partial charge is 0.221 e. The molecule has 1 heterocycles. The number of anilines is 2. The number of benzene rings is 1. The van der Waals surface area contributed by atoms with Gasteiger partial charge in [-0.25, -0.2) is 0 Å². The Balaban J connectivity index is 2.40. The zero-order valence-corrected chi connectivity index (χ0v) is 12.4. The van der Waals surface area contributed by atoms with Crippen molar-refractivity contribution in [3.63, 3.8) is 0 Å². The third-order valence-corrected chi connectivity index (χ3v) is 3.09. The lowest BCUT2D eigenvalue weighted by molar-refractivity contribution is 0.440. The fourth-order valence-electron chi connectivity index (χ4n) is 1.96. The van der Waals surface area contributed by atoms with Crippen LogP contribution in [0.2, 0.25) is 0 Å². The molecule has 0 unspecified atom stereocenters. The van der Waals surface area contributed by atoms with Gasteiger partial charge in [0.2, 0.25) is 5.88 Å². The van der Waals surface area contributed by atoms with Crippen LogP contribution in [0.1, 0.15) is 31.9 Å². The first-order valence-corrected chi connectivity index (χ1v) is 6.58. The molecule has 1 aromatic heterocycles. The Bertz CT molecular complexity index is 630. The number of nitrogen functional groups attached to an aromatic ring is 2. The van der Waals surface area contributed by atoms with Crippen molar-refractivity contribution >= 4 is 11.5 Å². The van der Waals surface area contributed by atoms with Crippen LogP contribution in [-0.2, 0) is 5.41 Å². The summed E-state index contributed by atoms with van der Waals surface area (Å²) < 4.78 is 5.88. The maximum atomic E-state index is 5.88. The highest BCUT2D eigenvalue weighted by molar-refractivity contribution is 5.59. The highest BCUT2D eigenvalue weighted by Crippen LogP contribution is 2.34. The van der Waals surface area contributed by atoms with Gasteiger partial charge in [0, 0.05) is 11.6 Å². The quantitative estimate of drug-likeness (QED) is 0.874. The predicted molar refractivity (Wildman–Crippen MR) is 83.0 cm³/mol. The Kier molecular flexibility index (Phi) is 3.57. The number of hydrogen-bond donors (Lipinski definition) is 2. The van der Waals surface area contributed by atoms with Crippen LogP contribution in [0.25, 0.3) is 0 Å². The molecule has 2 aromatic rings. The van der Waals surface area contributed by atoms with Crippen molar-refractivity contribution in [1.29, 1.82) is 0 Å². The number of aryl methyl sites for hydroxylation is 1. The fourth-order valence-corrected chi connectivity index (χ4v) is 1.96. The van der Waals surface area contributed by atoms with Crippen LogP contribution in [0.5, 0.6) is 11.6 Å². The van der Waals surface area contributed by atoms with Gasteiger partial charge in [0.05, 0.1) is 5.69 Å². The van der Waals surface area contributed by atoms with Crippen LogP contribution >= 0.6 is 0 Å². The molecule has 0 saturated carbocycles. The lowest BCUT2D eigenvalue weighted by Gasteiger charge is -2.23. The van der Waals surface area contributed by atoms with Gasteiger partial charge in [0.25, 0.3) is 0 Å². The summed E-state index contributed by atoms with van der Waals surface area (Å²) in [6.45, 7) is 8.52. The van der Waals surface area contributed by atoms with E-state index in [1.807, 2.05) is 12.1 Å². The van der Waals surface area contributed by atoms with Crippen molar-refractivity contribution in [3.8, 4) is 11.6 Å². The molecule has 0 radical (unpaired) electrons. The second kappa shape index (κ2) is 5.04. The molecule has 2 rings (SSSR count). The summed E-state index contributed by atoms with van der Waals surface area (Å²) in [6, 6.07) is 9.53. The Hall–Kier alpha value is -2.23. The van der Waals surface area contributed by atoms with E-state index in [1.54, 1.807) is 12.1 Å². The summed E-state index contributed by atoms with van der Waals surface area (Å²) in [5.41, 5.74) is 14.1. The zero-order chi connectivity index (χ0) is 14.9. The van der Waals surface area contributed by atoms with Gasteiger partial charge in [-0.05, 0) is 24.5 Å². The topological polar surface area (TPSA) is 74.2 Å². The first-order chi connectivity index (χ1) is 9.27. The van der Waals surface area contributed by atoms with Crippen molar-refractivity contribution in [1.82, 2.24) is 4.98 Å². The summed E-state index contributed by atoms with van der Waals surface area (Å²) in [7, 11) is 0. The maximum absolute atomic E-state index is 5.88. The summed E-state index contributed by atoms with van der Waals surface area (Å²) in [6.07, 6.45) is 0. The summed E-state index contributed by atoms with van der Waals surface area (Å²) in [4.78, 5) is 4.14. The van der Waals surface area contributed by atoms with Gasteiger partial charge in [-0.3, -0.25) is 0 Å². The van der Waals surface area contributed by atoms with E-state index in [-0.39, 0.29) is 11.2 Å². The summed E-state index contributed by atoms with van der Waals surface area (Å²) in [5.74, 6) is 1.53. The van der Waals surface area contributed by atoms with Crippen LogP contribution < -0.4 is 16.2 Å². The number of nitrogens with two attached hydrogens (primary N) is 2. The van der Waals surface area contributed by atoms with Gasteiger partial charge < -0.3 is 16.2 Å². The van der Waals surface area contributed by atoms with Gasteiger partial charge in [0.1, 0.15) is 5.75 Å². The average molecular weight is 271 g/mol. The predicted octanol–water partition coefficient (Wildman–Crippen LogP) is 3.64. The average Bonchev–Trinajstić information content (AvgIpc) is 2.35. The van der Waals surface area contributed by atoms with Gasteiger partial charge in [-0.2, -0.15) is 4.98 Å². The van der Waals surface area contributed by atoms with Crippen LogP contribution in [0, 0.1) is 6.92 Å². The van der Waals surface area contributed by atoms with Crippen molar-refractivity contribution < 1.29 is 4.74 Å². The third-order valence-electron chi connectivity index (χ3n) is 3.09. The Morgan fingerprint density at radius 3 is 2.35 bits per heavy atom. The molecule has 0 bridgehead atoms. The van der Waals surface area contributed by atoms with Crippen molar-refractivity contribution in [2.24, 2.45) is 0 Å². The minimum absolute atomic E-state index is 0.0132. The van der Waals surface area contributed by atoms with E-state index < -0.39 is 0 Å². The van der Waals surface area contributed by atoms with Crippen LogP contribution in [0.15, 0.2) is 30.3 Å². The van der Waals surface area contributed by atoms with E-state index in [1.165, 1.54) is 5.56 Å². The Morgan fingerprint density at radius 2 is 1.75 bits per heavy atom. The van der Waals surface area contributed by atoms with Gasteiger partial charge in [-0.1, -0.05) is 38.5 Å². The molecule has 0 atom stereocenters. The molecule has 0 saturated heterocycles. The second-order valence-electron chi connectivity index (χ2n) is 5.98. The normalized spacial score (nSPS) is 11.4. The van der Waals surface area contributed by atoms with E-state index in [4.69, 9.17) is 16.2 Å². The molecule has 0 aliphatic heterocycles. The molecule has 4 N–H and O–H groups in total. The molecule has 0 spiro atoms.